The van der Waals surface area contributed by atoms with Crippen LogP contribution in [0.15, 0.2) is 34.9 Å². The van der Waals surface area contributed by atoms with E-state index in [4.69, 9.17) is 9.26 Å². The molecule has 1 aromatic carbocycles. The molecule has 0 aliphatic carbocycles. The molecular formula is C13H17N3O2. The number of benzene rings is 1. The normalized spacial score (nSPS) is 10.5. The van der Waals surface area contributed by atoms with Crippen molar-refractivity contribution in [1.82, 2.24) is 10.1 Å². The van der Waals surface area contributed by atoms with E-state index in [9.17, 15) is 0 Å². The van der Waals surface area contributed by atoms with E-state index in [0.717, 1.165) is 12.1 Å². The van der Waals surface area contributed by atoms with Gasteiger partial charge in [-0.05, 0) is 18.6 Å². The van der Waals surface area contributed by atoms with Gasteiger partial charge in [0.25, 0.3) is 0 Å². The van der Waals surface area contributed by atoms with Crippen LogP contribution in [0, 0.1) is 0 Å². The third-order valence-corrected chi connectivity index (χ3v) is 2.31. The van der Waals surface area contributed by atoms with Gasteiger partial charge in [-0.3, -0.25) is 0 Å². The molecule has 5 heteroatoms. The second-order valence-corrected chi connectivity index (χ2v) is 3.88. The zero-order chi connectivity index (χ0) is 12.6. The topological polar surface area (TPSA) is 60.2 Å². The summed E-state index contributed by atoms with van der Waals surface area (Å²) in [5.41, 5.74) is 1.03. The second kappa shape index (κ2) is 6.76. The Kier molecular flexibility index (Phi) is 4.72. The molecule has 0 saturated heterocycles. The number of rotatable bonds is 7. The molecule has 0 aliphatic rings. The first-order valence-corrected chi connectivity index (χ1v) is 6.06. The van der Waals surface area contributed by atoms with E-state index in [0.29, 0.717) is 31.5 Å². The fourth-order valence-electron chi connectivity index (χ4n) is 1.46. The van der Waals surface area contributed by atoms with Gasteiger partial charge in [0.15, 0.2) is 5.82 Å². The van der Waals surface area contributed by atoms with E-state index in [1.807, 2.05) is 30.3 Å². The highest BCUT2D eigenvalue weighted by Crippen LogP contribution is 2.07. The molecule has 0 unspecified atom stereocenters. The molecule has 0 spiro atoms. The van der Waals surface area contributed by atoms with Crippen molar-refractivity contribution in [3.05, 3.63) is 42.0 Å². The molecule has 2 aromatic rings. The summed E-state index contributed by atoms with van der Waals surface area (Å²) in [7, 11) is 0. The smallest absolute Gasteiger partial charge is 0.246 e. The van der Waals surface area contributed by atoms with Gasteiger partial charge in [-0.2, -0.15) is 4.98 Å². The van der Waals surface area contributed by atoms with Crippen molar-refractivity contribution >= 4 is 5.69 Å². The van der Waals surface area contributed by atoms with Crippen LogP contribution < -0.4 is 5.32 Å². The van der Waals surface area contributed by atoms with Crippen LogP contribution in [-0.4, -0.2) is 16.7 Å². The van der Waals surface area contributed by atoms with Gasteiger partial charge in [0, 0.05) is 12.3 Å². The fraction of sp³-hybridized carbons (Fsp3) is 0.385. The molecule has 0 atom stereocenters. The molecule has 0 bridgehead atoms. The van der Waals surface area contributed by atoms with E-state index >= 15 is 0 Å². The van der Waals surface area contributed by atoms with Gasteiger partial charge in [0.2, 0.25) is 5.89 Å². The van der Waals surface area contributed by atoms with Crippen molar-refractivity contribution in [1.29, 1.82) is 0 Å². The Morgan fingerprint density at radius 2 is 2.11 bits per heavy atom. The molecule has 1 aromatic heterocycles. The summed E-state index contributed by atoms with van der Waals surface area (Å²) >= 11 is 0. The average molecular weight is 247 g/mol. The van der Waals surface area contributed by atoms with Crippen LogP contribution in [0.1, 0.15) is 25.1 Å². The van der Waals surface area contributed by atoms with Gasteiger partial charge < -0.3 is 14.6 Å². The molecule has 1 N–H and O–H groups in total. The number of hydrogen-bond donors (Lipinski definition) is 1. The van der Waals surface area contributed by atoms with Gasteiger partial charge in [-0.15, -0.1) is 0 Å². The molecule has 5 nitrogen and oxygen atoms in total. The summed E-state index contributed by atoms with van der Waals surface area (Å²) in [5, 5.41) is 7.05. The Hall–Kier alpha value is -1.88. The number of aromatic nitrogens is 2. The summed E-state index contributed by atoms with van der Waals surface area (Å²) < 4.78 is 10.5. The van der Waals surface area contributed by atoms with Crippen LogP contribution in [0.3, 0.4) is 0 Å². The van der Waals surface area contributed by atoms with Crippen LogP contribution in [0.5, 0.6) is 0 Å². The number of nitrogens with zero attached hydrogens (tertiary/aromatic N) is 2. The van der Waals surface area contributed by atoms with Crippen LogP contribution in [-0.2, 0) is 17.9 Å². The first kappa shape index (κ1) is 12.6. The predicted molar refractivity (Wildman–Crippen MR) is 68.0 cm³/mol. The van der Waals surface area contributed by atoms with Crippen molar-refractivity contribution in [3.8, 4) is 0 Å². The minimum Gasteiger partial charge on any atom is -0.376 e. The molecule has 1 heterocycles. The lowest BCUT2D eigenvalue weighted by Crippen LogP contribution is -2.00. The number of ether oxygens (including phenoxy) is 1. The van der Waals surface area contributed by atoms with Gasteiger partial charge in [0.1, 0.15) is 6.61 Å². The standard InChI is InChI=1S/C13H17N3O2/c1-2-8-17-10-12-15-13(18-16-12)9-14-11-6-4-3-5-7-11/h3-7,14H,2,8-10H2,1H3. The number of hydrogen-bond acceptors (Lipinski definition) is 5. The Labute approximate surface area is 106 Å². The van der Waals surface area contributed by atoms with E-state index in [1.54, 1.807) is 0 Å². The lowest BCUT2D eigenvalue weighted by atomic mass is 10.3. The third-order valence-electron chi connectivity index (χ3n) is 2.31. The Morgan fingerprint density at radius 3 is 2.89 bits per heavy atom. The van der Waals surface area contributed by atoms with Crippen LogP contribution in [0.25, 0.3) is 0 Å². The molecule has 0 fully saturated rings. The Balaban J connectivity index is 1.80. The lowest BCUT2D eigenvalue weighted by molar-refractivity contribution is 0.114. The first-order chi connectivity index (χ1) is 8.88. The average Bonchev–Trinajstić information content (AvgIpc) is 2.86. The summed E-state index contributed by atoms with van der Waals surface area (Å²) in [5.74, 6) is 1.15. The van der Waals surface area contributed by atoms with E-state index < -0.39 is 0 Å². The van der Waals surface area contributed by atoms with Gasteiger partial charge in [-0.25, -0.2) is 0 Å². The minimum absolute atomic E-state index is 0.405. The largest absolute Gasteiger partial charge is 0.376 e. The fourth-order valence-corrected chi connectivity index (χ4v) is 1.46. The highest BCUT2D eigenvalue weighted by molar-refractivity contribution is 5.42. The van der Waals surface area contributed by atoms with Gasteiger partial charge >= 0.3 is 0 Å². The SMILES string of the molecule is CCCOCc1noc(CNc2ccccc2)n1. The first-order valence-electron chi connectivity index (χ1n) is 6.06. The molecule has 2 rings (SSSR count). The van der Waals surface area contributed by atoms with Gasteiger partial charge in [0.05, 0.1) is 6.54 Å². The van der Waals surface area contributed by atoms with Crippen molar-refractivity contribution in [3.63, 3.8) is 0 Å². The van der Waals surface area contributed by atoms with E-state index in [2.05, 4.69) is 22.4 Å². The van der Waals surface area contributed by atoms with Crippen LogP contribution in [0.2, 0.25) is 0 Å². The highest BCUT2D eigenvalue weighted by Gasteiger charge is 2.05. The molecule has 96 valence electrons. The number of para-hydroxylation sites is 1. The quantitative estimate of drug-likeness (QED) is 0.762. The molecule has 0 aliphatic heterocycles. The summed E-state index contributed by atoms with van der Waals surface area (Å²) in [6.07, 6.45) is 0.986. The van der Waals surface area contributed by atoms with Crippen molar-refractivity contribution in [2.75, 3.05) is 11.9 Å². The Bertz CT molecular complexity index is 456. The van der Waals surface area contributed by atoms with Crippen molar-refractivity contribution < 1.29 is 9.26 Å². The maximum Gasteiger partial charge on any atom is 0.246 e. The van der Waals surface area contributed by atoms with Crippen molar-refractivity contribution in [2.45, 2.75) is 26.5 Å². The minimum atomic E-state index is 0.405. The number of anilines is 1. The van der Waals surface area contributed by atoms with Crippen LogP contribution >= 0.6 is 0 Å². The van der Waals surface area contributed by atoms with E-state index in [-0.39, 0.29) is 0 Å². The maximum absolute atomic E-state index is 5.34. The Morgan fingerprint density at radius 1 is 1.28 bits per heavy atom. The van der Waals surface area contributed by atoms with Crippen molar-refractivity contribution in [2.24, 2.45) is 0 Å². The third kappa shape index (κ3) is 3.85. The predicted octanol–water partition coefficient (Wildman–Crippen LogP) is 2.61. The monoisotopic (exact) mass is 247 g/mol. The zero-order valence-electron chi connectivity index (χ0n) is 10.4. The summed E-state index contributed by atoms with van der Waals surface area (Å²) in [6, 6.07) is 9.89. The molecule has 0 amide bonds. The molecule has 0 saturated carbocycles. The molecule has 0 radical (unpaired) electrons. The van der Waals surface area contributed by atoms with Crippen LogP contribution in [0.4, 0.5) is 5.69 Å². The van der Waals surface area contributed by atoms with E-state index in [1.165, 1.54) is 0 Å². The molecule has 18 heavy (non-hydrogen) atoms. The second-order valence-electron chi connectivity index (χ2n) is 3.88. The zero-order valence-corrected chi connectivity index (χ0v) is 10.4. The maximum atomic E-state index is 5.34. The summed E-state index contributed by atoms with van der Waals surface area (Å²) in [4.78, 5) is 4.23. The highest BCUT2D eigenvalue weighted by atomic mass is 16.5. The van der Waals surface area contributed by atoms with Gasteiger partial charge in [-0.1, -0.05) is 30.3 Å². The molecular weight excluding hydrogens is 230 g/mol. The number of nitrogens with one attached hydrogen (secondary N) is 1. The lowest BCUT2D eigenvalue weighted by Gasteiger charge is -2.01. The summed E-state index contributed by atoms with van der Waals surface area (Å²) in [6.45, 7) is 3.70.